The molecule has 1 heterocycles. The molecule has 2 aromatic carbocycles. The van der Waals surface area contributed by atoms with Crippen molar-refractivity contribution in [3.8, 4) is 5.75 Å². The number of hydrogen-bond acceptors (Lipinski definition) is 7. The van der Waals surface area contributed by atoms with E-state index in [0.717, 1.165) is 6.07 Å². The first-order valence-electron chi connectivity index (χ1n) is 9.42. The zero-order valence-electron chi connectivity index (χ0n) is 16.4. The van der Waals surface area contributed by atoms with Gasteiger partial charge in [0.25, 0.3) is 5.69 Å². The molecule has 0 spiro atoms. The summed E-state index contributed by atoms with van der Waals surface area (Å²) in [6, 6.07) is 10.0. The van der Waals surface area contributed by atoms with Crippen LogP contribution in [0.3, 0.4) is 0 Å². The van der Waals surface area contributed by atoms with E-state index in [9.17, 15) is 24.1 Å². The van der Waals surface area contributed by atoms with Crippen molar-refractivity contribution in [1.82, 2.24) is 0 Å². The molecule has 0 saturated carbocycles. The molecule has 0 bridgehead atoms. The Bertz CT molecular complexity index is 956. The van der Waals surface area contributed by atoms with E-state index >= 15 is 0 Å². The van der Waals surface area contributed by atoms with Gasteiger partial charge in [-0.25, -0.2) is 4.39 Å². The number of rotatable bonds is 7. The Morgan fingerprint density at radius 2 is 1.90 bits per heavy atom. The molecule has 1 saturated heterocycles. The van der Waals surface area contributed by atoms with Crippen molar-refractivity contribution in [2.75, 3.05) is 31.7 Å². The van der Waals surface area contributed by atoms with Crippen LogP contribution in [0.25, 0.3) is 0 Å². The van der Waals surface area contributed by atoms with Gasteiger partial charge in [0.2, 0.25) is 5.78 Å². The fourth-order valence-electron chi connectivity index (χ4n) is 3.47. The van der Waals surface area contributed by atoms with Crippen LogP contribution in [0.5, 0.6) is 5.75 Å². The monoisotopic (exact) mass is 416 g/mol. The van der Waals surface area contributed by atoms with Crippen molar-refractivity contribution in [1.29, 1.82) is 0 Å². The van der Waals surface area contributed by atoms with E-state index in [2.05, 4.69) is 0 Å². The van der Waals surface area contributed by atoms with Crippen molar-refractivity contribution in [3.63, 3.8) is 0 Å². The molecule has 1 aliphatic rings. The van der Waals surface area contributed by atoms with Gasteiger partial charge < -0.3 is 14.4 Å². The molecule has 30 heavy (non-hydrogen) atoms. The van der Waals surface area contributed by atoms with Crippen molar-refractivity contribution in [3.05, 3.63) is 64.0 Å². The number of nitro benzene ring substituents is 1. The quantitative estimate of drug-likeness (QED) is 0.295. The van der Waals surface area contributed by atoms with Crippen LogP contribution in [-0.4, -0.2) is 43.5 Å². The number of carbonyl (C=O) groups is 2. The third-order valence-corrected chi connectivity index (χ3v) is 5.05. The van der Waals surface area contributed by atoms with Gasteiger partial charge in [0.1, 0.15) is 17.3 Å². The number of carbonyl (C=O) groups excluding carboxylic acids is 2. The molecule has 8 nitrogen and oxygen atoms in total. The zero-order valence-corrected chi connectivity index (χ0v) is 16.4. The number of nitrogens with zero attached hydrogens (tertiary/aromatic N) is 2. The molecule has 3 rings (SSSR count). The minimum absolute atomic E-state index is 0.0107. The molecule has 0 aliphatic carbocycles. The Balaban J connectivity index is 1.56. The summed E-state index contributed by atoms with van der Waals surface area (Å²) in [7, 11) is 1.36. The van der Waals surface area contributed by atoms with Gasteiger partial charge >= 0.3 is 5.97 Å². The van der Waals surface area contributed by atoms with Crippen LogP contribution in [0, 0.1) is 21.8 Å². The fraction of sp³-hybridized carbons (Fsp3) is 0.333. The SMILES string of the molecule is COc1ccc(F)cc1C(=O)COC(=O)C1CCN(c2ccccc2[N+](=O)[O-])CC1. The van der Waals surface area contributed by atoms with E-state index in [1.165, 1.54) is 25.3 Å². The van der Waals surface area contributed by atoms with Crippen LogP contribution in [0.1, 0.15) is 23.2 Å². The maximum atomic E-state index is 13.4. The van der Waals surface area contributed by atoms with Gasteiger partial charge in [0.15, 0.2) is 6.61 Å². The van der Waals surface area contributed by atoms with Crippen molar-refractivity contribution < 1.29 is 28.4 Å². The largest absolute Gasteiger partial charge is 0.496 e. The number of Topliss-reactive ketones (excluding diaryl/α,β-unsaturated/α-hetero) is 1. The highest BCUT2D eigenvalue weighted by molar-refractivity contribution is 6.00. The highest BCUT2D eigenvalue weighted by atomic mass is 19.1. The summed E-state index contributed by atoms with van der Waals surface area (Å²) >= 11 is 0. The standard InChI is InChI=1S/C21H21FN2O6/c1-29-20-7-6-15(22)12-16(20)19(25)13-30-21(26)14-8-10-23(11-9-14)17-4-2-3-5-18(17)24(27)28/h2-7,12,14H,8-11,13H2,1H3. The van der Waals surface area contributed by atoms with E-state index in [1.54, 1.807) is 18.2 Å². The Morgan fingerprint density at radius 1 is 1.20 bits per heavy atom. The molecule has 0 unspecified atom stereocenters. The summed E-state index contributed by atoms with van der Waals surface area (Å²) in [5, 5.41) is 11.2. The minimum atomic E-state index is -0.590. The molecule has 0 N–H and O–H groups in total. The second-order valence-electron chi connectivity index (χ2n) is 6.88. The lowest BCUT2D eigenvalue weighted by molar-refractivity contribution is -0.384. The second kappa shape index (κ2) is 9.34. The number of para-hydroxylation sites is 2. The maximum absolute atomic E-state index is 13.4. The normalized spacial score (nSPS) is 14.3. The predicted molar refractivity (Wildman–Crippen MR) is 106 cm³/mol. The number of ether oxygens (including phenoxy) is 2. The summed E-state index contributed by atoms with van der Waals surface area (Å²) in [5.74, 6) is -1.87. The first-order chi connectivity index (χ1) is 14.4. The predicted octanol–water partition coefficient (Wildman–Crippen LogP) is 3.39. The first kappa shape index (κ1) is 21.2. The van der Waals surface area contributed by atoms with Crippen molar-refractivity contribution in [2.24, 2.45) is 5.92 Å². The van der Waals surface area contributed by atoms with E-state index < -0.39 is 35.0 Å². The van der Waals surface area contributed by atoms with Gasteiger partial charge in [-0.1, -0.05) is 12.1 Å². The summed E-state index contributed by atoms with van der Waals surface area (Å²) < 4.78 is 23.6. The van der Waals surface area contributed by atoms with Gasteiger partial charge in [0, 0.05) is 19.2 Å². The molecule has 0 amide bonds. The second-order valence-corrected chi connectivity index (χ2v) is 6.88. The maximum Gasteiger partial charge on any atom is 0.309 e. The smallest absolute Gasteiger partial charge is 0.309 e. The average Bonchev–Trinajstić information content (AvgIpc) is 2.77. The Morgan fingerprint density at radius 3 is 2.57 bits per heavy atom. The van der Waals surface area contributed by atoms with E-state index in [4.69, 9.17) is 9.47 Å². The average molecular weight is 416 g/mol. The lowest BCUT2D eigenvalue weighted by Gasteiger charge is -2.32. The topological polar surface area (TPSA) is 99.0 Å². The van der Waals surface area contributed by atoms with Gasteiger partial charge in [-0.3, -0.25) is 19.7 Å². The molecular weight excluding hydrogens is 395 g/mol. The highest BCUT2D eigenvalue weighted by Gasteiger charge is 2.29. The molecule has 0 atom stereocenters. The molecule has 1 fully saturated rings. The van der Waals surface area contributed by atoms with Crippen LogP contribution in [0.2, 0.25) is 0 Å². The summed E-state index contributed by atoms with van der Waals surface area (Å²) in [4.78, 5) is 37.3. The van der Waals surface area contributed by atoms with Crippen LogP contribution in [0.4, 0.5) is 15.8 Å². The first-order valence-corrected chi connectivity index (χ1v) is 9.42. The zero-order chi connectivity index (χ0) is 21.7. The molecule has 2 aromatic rings. The summed E-state index contributed by atoms with van der Waals surface area (Å²) in [5.41, 5.74) is 0.548. The summed E-state index contributed by atoms with van der Waals surface area (Å²) in [6.07, 6.45) is 0.894. The summed E-state index contributed by atoms with van der Waals surface area (Å²) in [6.45, 7) is 0.398. The minimum Gasteiger partial charge on any atom is -0.496 e. The molecule has 9 heteroatoms. The highest BCUT2D eigenvalue weighted by Crippen LogP contribution is 2.31. The number of piperidine rings is 1. The number of methoxy groups -OCH3 is 1. The van der Waals surface area contributed by atoms with E-state index in [0.29, 0.717) is 31.6 Å². The van der Waals surface area contributed by atoms with Gasteiger partial charge in [-0.15, -0.1) is 0 Å². The molecule has 1 aliphatic heterocycles. The van der Waals surface area contributed by atoms with Crippen LogP contribution < -0.4 is 9.64 Å². The van der Waals surface area contributed by atoms with Crippen LogP contribution in [0.15, 0.2) is 42.5 Å². The van der Waals surface area contributed by atoms with Gasteiger partial charge in [-0.05, 0) is 37.1 Å². The van der Waals surface area contributed by atoms with Crippen LogP contribution >= 0.6 is 0 Å². The molecular formula is C21H21FN2O6. The van der Waals surface area contributed by atoms with Crippen molar-refractivity contribution >= 4 is 23.1 Å². The number of nitro groups is 1. The number of hydrogen-bond donors (Lipinski definition) is 0. The molecule has 158 valence electrons. The number of esters is 1. The van der Waals surface area contributed by atoms with E-state index in [1.807, 2.05) is 4.90 Å². The molecule has 0 radical (unpaired) electrons. The lowest BCUT2D eigenvalue weighted by atomic mass is 9.96. The van der Waals surface area contributed by atoms with Crippen molar-refractivity contribution in [2.45, 2.75) is 12.8 Å². The number of benzene rings is 2. The third kappa shape index (κ3) is 4.73. The Kier molecular flexibility index (Phi) is 6.61. The molecule has 0 aromatic heterocycles. The number of anilines is 1. The Labute approximate surface area is 172 Å². The Hall–Kier alpha value is -3.49. The third-order valence-electron chi connectivity index (χ3n) is 5.05. The lowest BCUT2D eigenvalue weighted by Crippen LogP contribution is -2.37. The number of ketones is 1. The number of halogens is 1. The van der Waals surface area contributed by atoms with Crippen LogP contribution in [-0.2, 0) is 9.53 Å². The van der Waals surface area contributed by atoms with Gasteiger partial charge in [0.05, 0.1) is 23.5 Å². The van der Waals surface area contributed by atoms with E-state index in [-0.39, 0.29) is 17.0 Å². The van der Waals surface area contributed by atoms with Gasteiger partial charge in [-0.2, -0.15) is 0 Å². The fourth-order valence-corrected chi connectivity index (χ4v) is 3.47.